The molecular weight excluding hydrogens is 338 g/mol. The number of rotatable bonds is 5. The molecule has 1 saturated heterocycles. The van der Waals surface area contributed by atoms with Crippen LogP contribution >= 0.6 is 0 Å². The fourth-order valence-electron chi connectivity index (χ4n) is 3.60. The molecule has 0 spiro atoms. The molecule has 0 amide bonds. The number of hydrogen-bond donors (Lipinski definition) is 1. The van der Waals surface area contributed by atoms with Crippen molar-refractivity contribution in [3.63, 3.8) is 0 Å². The van der Waals surface area contributed by atoms with Crippen molar-refractivity contribution in [3.05, 3.63) is 36.3 Å². The summed E-state index contributed by atoms with van der Waals surface area (Å²) in [5, 5.41) is 3.36. The average molecular weight is 361 g/mol. The number of sulfone groups is 1. The predicted molar refractivity (Wildman–Crippen MR) is 96.5 cm³/mol. The van der Waals surface area contributed by atoms with Gasteiger partial charge in [0, 0.05) is 24.7 Å². The van der Waals surface area contributed by atoms with Crippen LogP contribution in [0.2, 0.25) is 0 Å². The summed E-state index contributed by atoms with van der Waals surface area (Å²) in [6.07, 6.45) is 6.53. The number of aryl methyl sites for hydroxylation is 1. The Bertz CT molecular complexity index is 860. The summed E-state index contributed by atoms with van der Waals surface area (Å²) in [7, 11) is -2.83. The number of imidazole rings is 1. The molecule has 2 aliphatic rings. The van der Waals surface area contributed by atoms with Gasteiger partial charge in [0.05, 0.1) is 36.3 Å². The summed E-state index contributed by atoms with van der Waals surface area (Å²) in [4.78, 5) is 4.29. The molecule has 1 aromatic carbocycles. The van der Waals surface area contributed by atoms with Crippen LogP contribution in [0.15, 0.2) is 30.7 Å². The van der Waals surface area contributed by atoms with Gasteiger partial charge in [-0.15, -0.1) is 0 Å². The highest BCUT2D eigenvalue weighted by atomic mass is 32.2. The first-order valence-corrected chi connectivity index (χ1v) is 10.6. The Morgan fingerprint density at radius 1 is 1.36 bits per heavy atom. The lowest BCUT2D eigenvalue weighted by Crippen LogP contribution is -2.32. The van der Waals surface area contributed by atoms with Gasteiger partial charge in [-0.05, 0) is 43.0 Å². The van der Waals surface area contributed by atoms with E-state index in [1.807, 2.05) is 18.6 Å². The van der Waals surface area contributed by atoms with Gasteiger partial charge in [0.25, 0.3) is 0 Å². The third-order valence-corrected chi connectivity index (χ3v) is 6.70. The Hall–Kier alpha value is -1.86. The maximum absolute atomic E-state index is 11.5. The molecular formula is C18H23N3O3S. The van der Waals surface area contributed by atoms with E-state index < -0.39 is 9.84 Å². The molecule has 7 heteroatoms. The van der Waals surface area contributed by atoms with Crippen LogP contribution < -0.4 is 10.1 Å². The van der Waals surface area contributed by atoms with Crippen LogP contribution in [0.1, 0.15) is 18.4 Å². The lowest BCUT2D eigenvalue weighted by molar-refractivity contribution is 0.288. The summed E-state index contributed by atoms with van der Waals surface area (Å²) < 4.78 is 30.8. The highest BCUT2D eigenvalue weighted by molar-refractivity contribution is 7.91. The van der Waals surface area contributed by atoms with Crippen molar-refractivity contribution in [2.45, 2.75) is 31.8 Å². The van der Waals surface area contributed by atoms with Gasteiger partial charge in [-0.3, -0.25) is 0 Å². The fraction of sp³-hybridized carbons (Fsp3) is 0.500. The first kappa shape index (κ1) is 16.6. The van der Waals surface area contributed by atoms with E-state index in [4.69, 9.17) is 4.74 Å². The Balaban J connectivity index is 1.42. The van der Waals surface area contributed by atoms with Crippen molar-refractivity contribution in [1.29, 1.82) is 0 Å². The molecule has 2 aliphatic heterocycles. The second kappa shape index (κ2) is 6.80. The van der Waals surface area contributed by atoms with Crippen LogP contribution in [0.3, 0.4) is 0 Å². The van der Waals surface area contributed by atoms with E-state index >= 15 is 0 Å². The van der Waals surface area contributed by atoms with Gasteiger partial charge in [-0.25, -0.2) is 13.4 Å². The molecule has 0 bridgehead atoms. The van der Waals surface area contributed by atoms with Crippen LogP contribution in [0.5, 0.6) is 5.75 Å². The third kappa shape index (κ3) is 3.72. The van der Waals surface area contributed by atoms with E-state index in [-0.39, 0.29) is 11.8 Å². The molecule has 0 unspecified atom stereocenters. The van der Waals surface area contributed by atoms with E-state index in [1.165, 1.54) is 5.56 Å². The number of benzene rings is 1. The zero-order valence-corrected chi connectivity index (χ0v) is 15.0. The summed E-state index contributed by atoms with van der Waals surface area (Å²) >= 11 is 0. The number of ether oxygens (including phenoxy) is 1. The van der Waals surface area contributed by atoms with Gasteiger partial charge in [0.1, 0.15) is 5.75 Å². The fourth-order valence-corrected chi connectivity index (χ4v) is 5.31. The van der Waals surface area contributed by atoms with E-state index in [0.29, 0.717) is 12.2 Å². The summed E-state index contributed by atoms with van der Waals surface area (Å²) in [5.74, 6) is 1.55. The monoisotopic (exact) mass is 361 g/mol. The minimum Gasteiger partial charge on any atom is -0.493 e. The largest absolute Gasteiger partial charge is 0.493 e. The molecule has 1 atom stereocenters. The number of fused-ring (bicyclic) bond motifs is 1. The minimum atomic E-state index is -2.83. The van der Waals surface area contributed by atoms with Crippen LogP contribution in [0.25, 0.3) is 11.3 Å². The molecule has 1 fully saturated rings. The quantitative estimate of drug-likeness (QED) is 0.877. The predicted octanol–water partition coefficient (Wildman–Crippen LogP) is 1.65. The van der Waals surface area contributed by atoms with Crippen LogP contribution in [0.4, 0.5) is 0 Å². The number of nitrogens with one attached hydrogen (secondary N) is 1. The summed E-state index contributed by atoms with van der Waals surface area (Å²) in [6.45, 7) is 2.30. The molecule has 3 heterocycles. The van der Waals surface area contributed by atoms with Crippen molar-refractivity contribution in [2.24, 2.45) is 0 Å². The molecule has 134 valence electrons. The Morgan fingerprint density at radius 2 is 2.28 bits per heavy atom. The number of hydrogen-bond acceptors (Lipinski definition) is 5. The maximum Gasteiger partial charge on any atom is 0.151 e. The maximum atomic E-state index is 11.5. The van der Waals surface area contributed by atoms with E-state index in [9.17, 15) is 8.42 Å². The normalized spacial score (nSPS) is 21.7. The van der Waals surface area contributed by atoms with Crippen LogP contribution in [-0.2, 0) is 22.8 Å². The topological polar surface area (TPSA) is 73.2 Å². The zero-order chi connectivity index (χ0) is 17.3. The van der Waals surface area contributed by atoms with Crippen LogP contribution in [-0.4, -0.2) is 48.7 Å². The first-order chi connectivity index (χ1) is 12.1. The van der Waals surface area contributed by atoms with E-state index in [1.54, 1.807) is 0 Å². The second-order valence-corrected chi connectivity index (χ2v) is 9.03. The Labute approximate surface area is 148 Å². The molecule has 0 saturated carbocycles. The molecule has 0 aliphatic carbocycles. The highest BCUT2D eigenvalue weighted by Gasteiger charge is 2.27. The van der Waals surface area contributed by atoms with Crippen molar-refractivity contribution >= 4 is 9.84 Å². The lowest BCUT2D eigenvalue weighted by atomic mass is 10.0. The standard InChI is InChI=1S/C18H23N3O3S/c22-25(23)9-5-16(12-25)20-6-7-21-13-19-11-17(21)14-3-4-18-15(10-14)2-1-8-24-18/h3-4,10-11,13,16,20H,1-2,5-9,12H2/t16-/m0/s1. The number of aromatic nitrogens is 2. The van der Waals surface area contributed by atoms with Crippen molar-refractivity contribution in [3.8, 4) is 17.0 Å². The van der Waals surface area contributed by atoms with E-state index in [0.717, 1.165) is 49.5 Å². The average Bonchev–Trinajstić information content (AvgIpc) is 3.21. The smallest absolute Gasteiger partial charge is 0.151 e. The van der Waals surface area contributed by atoms with Gasteiger partial charge in [-0.1, -0.05) is 0 Å². The Morgan fingerprint density at radius 3 is 3.12 bits per heavy atom. The first-order valence-electron chi connectivity index (χ1n) is 8.81. The van der Waals surface area contributed by atoms with Crippen molar-refractivity contribution in [1.82, 2.24) is 14.9 Å². The third-order valence-electron chi connectivity index (χ3n) is 4.93. The highest BCUT2D eigenvalue weighted by Crippen LogP contribution is 2.30. The van der Waals surface area contributed by atoms with Crippen molar-refractivity contribution < 1.29 is 13.2 Å². The van der Waals surface area contributed by atoms with Crippen molar-refractivity contribution in [2.75, 3.05) is 24.7 Å². The SMILES string of the molecule is O=S1(=O)CC[C@H](NCCn2cncc2-c2ccc3c(c2)CCCO3)C1. The molecule has 0 radical (unpaired) electrons. The Kier molecular flexibility index (Phi) is 4.52. The number of nitrogens with zero attached hydrogens (tertiary/aromatic N) is 2. The minimum absolute atomic E-state index is 0.0814. The zero-order valence-electron chi connectivity index (χ0n) is 14.1. The van der Waals surface area contributed by atoms with Gasteiger partial charge in [0.15, 0.2) is 9.84 Å². The summed E-state index contributed by atoms with van der Waals surface area (Å²) in [6, 6.07) is 6.40. The molecule has 1 aromatic heterocycles. The molecule has 1 N–H and O–H groups in total. The summed E-state index contributed by atoms with van der Waals surface area (Å²) in [5.41, 5.74) is 3.48. The van der Waals surface area contributed by atoms with Gasteiger partial charge < -0.3 is 14.6 Å². The molecule has 2 aromatic rings. The van der Waals surface area contributed by atoms with E-state index in [2.05, 4.69) is 27.0 Å². The lowest BCUT2D eigenvalue weighted by Gasteiger charge is -2.18. The van der Waals surface area contributed by atoms with Gasteiger partial charge >= 0.3 is 0 Å². The second-order valence-electron chi connectivity index (χ2n) is 6.80. The van der Waals surface area contributed by atoms with Crippen LogP contribution in [0, 0.1) is 0 Å². The molecule has 4 rings (SSSR count). The molecule has 6 nitrogen and oxygen atoms in total. The molecule has 25 heavy (non-hydrogen) atoms. The van der Waals surface area contributed by atoms with Gasteiger partial charge in [-0.2, -0.15) is 0 Å². The van der Waals surface area contributed by atoms with Gasteiger partial charge in [0.2, 0.25) is 0 Å².